The molecule has 9 nitrogen and oxygen atoms in total. The summed E-state index contributed by atoms with van der Waals surface area (Å²) in [7, 11) is 1.46. The molecule has 4 rings (SSSR count). The molecule has 2 amide bonds. The van der Waals surface area contributed by atoms with Gasteiger partial charge >= 0.3 is 0 Å². The molecule has 1 aromatic heterocycles. The van der Waals surface area contributed by atoms with Gasteiger partial charge in [-0.05, 0) is 38.0 Å². The average molecular weight is 465 g/mol. The van der Waals surface area contributed by atoms with Crippen LogP contribution in [0.4, 0.5) is 5.69 Å². The first-order chi connectivity index (χ1) is 16.5. The fourth-order valence-electron chi connectivity index (χ4n) is 4.42. The Morgan fingerprint density at radius 1 is 1.12 bits per heavy atom. The molecular weight excluding hydrogens is 432 g/mol. The smallest absolute Gasteiger partial charge is 0.253 e. The van der Waals surface area contributed by atoms with Gasteiger partial charge in [-0.15, -0.1) is 0 Å². The number of benzene rings is 2. The van der Waals surface area contributed by atoms with Gasteiger partial charge in [-0.3, -0.25) is 20.4 Å². The minimum Gasteiger partial charge on any atom is -0.375 e. The van der Waals surface area contributed by atoms with Crippen LogP contribution in [0.2, 0.25) is 0 Å². The van der Waals surface area contributed by atoms with E-state index in [4.69, 9.17) is 4.74 Å². The molecule has 1 saturated heterocycles. The van der Waals surface area contributed by atoms with Crippen LogP contribution in [0.15, 0.2) is 48.8 Å². The second-order valence-corrected chi connectivity index (χ2v) is 8.79. The van der Waals surface area contributed by atoms with Crippen molar-refractivity contribution in [2.75, 3.05) is 25.6 Å². The number of nitrogens with one attached hydrogen (secondary N) is 4. The molecule has 180 valence electrons. The first kappa shape index (κ1) is 23.9. The minimum atomic E-state index is -0.289. The van der Waals surface area contributed by atoms with Crippen molar-refractivity contribution in [3.63, 3.8) is 0 Å². The van der Waals surface area contributed by atoms with Gasteiger partial charge in [0.1, 0.15) is 6.61 Å². The fourth-order valence-corrected chi connectivity index (χ4v) is 4.42. The second-order valence-electron chi connectivity index (χ2n) is 8.79. The van der Waals surface area contributed by atoms with Crippen LogP contribution in [-0.2, 0) is 22.5 Å². The number of hydrazine groups is 1. The van der Waals surface area contributed by atoms with E-state index < -0.39 is 0 Å². The summed E-state index contributed by atoms with van der Waals surface area (Å²) in [5.41, 5.74) is 10.0. The number of hydrogen-bond donors (Lipinski definition) is 4. The summed E-state index contributed by atoms with van der Waals surface area (Å²) in [5, 5.41) is 5.89. The lowest BCUT2D eigenvalue weighted by Gasteiger charge is -2.19. The predicted molar refractivity (Wildman–Crippen MR) is 131 cm³/mol. The van der Waals surface area contributed by atoms with E-state index in [1.54, 1.807) is 18.5 Å². The van der Waals surface area contributed by atoms with Crippen LogP contribution < -0.4 is 21.5 Å². The SMILES string of the molecule is COCC(=O)Nc1cc(C(=O)NCC2C(C)NNC2C)c2c(c1)ncn2CCc1ccccc1. The highest BCUT2D eigenvalue weighted by atomic mass is 16.5. The van der Waals surface area contributed by atoms with Gasteiger partial charge in [-0.25, -0.2) is 4.98 Å². The number of imidazole rings is 1. The Hall–Kier alpha value is -3.27. The van der Waals surface area contributed by atoms with Crippen LogP contribution in [0.1, 0.15) is 29.8 Å². The molecule has 2 atom stereocenters. The Bertz CT molecular complexity index is 1140. The van der Waals surface area contributed by atoms with Gasteiger partial charge in [-0.2, -0.15) is 0 Å². The molecule has 34 heavy (non-hydrogen) atoms. The summed E-state index contributed by atoms with van der Waals surface area (Å²) < 4.78 is 6.91. The standard InChI is InChI=1S/C25H32N6O3/c1-16-21(17(2)30-29-16)13-26-25(33)20-11-19(28-23(32)14-34-3)12-22-24(20)31(15-27-22)10-9-18-7-5-4-6-8-18/h4-8,11-12,15-17,21,29-30H,9-10,13-14H2,1-3H3,(H,26,33)(H,28,32). The summed E-state index contributed by atoms with van der Waals surface area (Å²) in [4.78, 5) is 30.0. The number of carbonyl (C=O) groups is 2. The van der Waals surface area contributed by atoms with Crippen molar-refractivity contribution in [3.05, 3.63) is 59.9 Å². The molecule has 2 aromatic carbocycles. The molecule has 0 spiro atoms. The van der Waals surface area contributed by atoms with Crippen LogP contribution in [0.5, 0.6) is 0 Å². The van der Waals surface area contributed by atoms with Crippen LogP contribution in [0.25, 0.3) is 11.0 Å². The number of methoxy groups -OCH3 is 1. The van der Waals surface area contributed by atoms with E-state index in [1.807, 2.05) is 22.8 Å². The zero-order valence-corrected chi connectivity index (χ0v) is 19.8. The number of rotatable bonds is 9. The van der Waals surface area contributed by atoms with Crippen molar-refractivity contribution < 1.29 is 14.3 Å². The molecule has 2 heterocycles. The van der Waals surface area contributed by atoms with Gasteiger partial charge in [0.05, 0.1) is 22.9 Å². The first-order valence-corrected chi connectivity index (χ1v) is 11.6. The molecule has 2 unspecified atom stereocenters. The lowest BCUT2D eigenvalue weighted by atomic mass is 9.96. The summed E-state index contributed by atoms with van der Waals surface area (Å²) in [6.07, 6.45) is 2.56. The van der Waals surface area contributed by atoms with E-state index in [9.17, 15) is 9.59 Å². The predicted octanol–water partition coefficient (Wildman–Crippen LogP) is 2.09. The van der Waals surface area contributed by atoms with E-state index in [1.165, 1.54) is 12.7 Å². The van der Waals surface area contributed by atoms with Gasteiger partial charge < -0.3 is 19.9 Å². The largest absolute Gasteiger partial charge is 0.375 e. The molecule has 0 bridgehead atoms. The quantitative estimate of drug-likeness (QED) is 0.386. The normalized spacial score (nSPS) is 19.9. The summed E-state index contributed by atoms with van der Waals surface area (Å²) in [6, 6.07) is 14.2. The number of fused-ring (bicyclic) bond motifs is 1. The number of aryl methyl sites for hydroxylation is 2. The van der Waals surface area contributed by atoms with Gasteiger partial charge in [0.15, 0.2) is 0 Å². The Morgan fingerprint density at radius 2 is 1.85 bits per heavy atom. The molecule has 4 N–H and O–H groups in total. The van der Waals surface area contributed by atoms with Crippen LogP contribution in [-0.4, -0.2) is 53.7 Å². The second kappa shape index (κ2) is 10.8. The highest BCUT2D eigenvalue weighted by molar-refractivity contribution is 6.07. The number of aromatic nitrogens is 2. The Labute approximate surface area is 199 Å². The van der Waals surface area contributed by atoms with Gasteiger partial charge in [0.2, 0.25) is 5.91 Å². The van der Waals surface area contributed by atoms with Crippen molar-refractivity contribution in [1.29, 1.82) is 0 Å². The molecule has 0 aliphatic carbocycles. The maximum Gasteiger partial charge on any atom is 0.253 e. The van der Waals surface area contributed by atoms with Crippen molar-refractivity contribution in [3.8, 4) is 0 Å². The van der Waals surface area contributed by atoms with Gasteiger partial charge in [-0.1, -0.05) is 30.3 Å². The van der Waals surface area contributed by atoms with E-state index in [0.29, 0.717) is 29.9 Å². The molecule has 3 aromatic rings. The number of anilines is 1. The van der Waals surface area contributed by atoms with Crippen LogP contribution in [0, 0.1) is 5.92 Å². The van der Waals surface area contributed by atoms with Crippen molar-refractivity contribution >= 4 is 28.5 Å². The molecule has 1 fully saturated rings. The third-order valence-electron chi connectivity index (χ3n) is 6.32. The zero-order chi connectivity index (χ0) is 24.1. The van der Waals surface area contributed by atoms with Gasteiger partial charge in [0, 0.05) is 43.9 Å². The summed E-state index contributed by atoms with van der Waals surface area (Å²) in [6.45, 7) is 5.33. The van der Waals surface area contributed by atoms with Crippen molar-refractivity contribution in [2.24, 2.45) is 5.92 Å². The third kappa shape index (κ3) is 5.44. The number of nitrogens with zero attached hydrogens (tertiary/aromatic N) is 2. The fraction of sp³-hybridized carbons (Fsp3) is 0.400. The van der Waals surface area contributed by atoms with E-state index in [2.05, 4.69) is 52.4 Å². The number of hydrogen-bond acceptors (Lipinski definition) is 6. The lowest BCUT2D eigenvalue weighted by Crippen LogP contribution is -2.37. The lowest BCUT2D eigenvalue weighted by molar-refractivity contribution is -0.119. The highest BCUT2D eigenvalue weighted by Gasteiger charge is 2.30. The van der Waals surface area contributed by atoms with E-state index in [0.717, 1.165) is 11.9 Å². The summed E-state index contributed by atoms with van der Waals surface area (Å²) >= 11 is 0. The minimum absolute atomic E-state index is 0.0669. The first-order valence-electron chi connectivity index (χ1n) is 11.6. The van der Waals surface area contributed by atoms with E-state index in [-0.39, 0.29) is 36.4 Å². The topological polar surface area (TPSA) is 109 Å². The monoisotopic (exact) mass is 464 g/mol. The molecule has 1 aliphatic rings. The number of amides is 2. The molecule has 9 heteroatoms. The summed E-state index contributed by atoms with van der Waals surface area (Å²) in [5.74, 6) is -0.227. The van der Waals surface area contributed by atoms with E-state index >= 15 is 0 Å². The molecule has 1 aliphatic heterocycles. The maximum atomic E-state index is 13.4. The molecule has 0 saturated carbocycles. The van der Waals surface area contributed by atoms with Crippen LogP contribution in [0.3, 0.4) is 0 Å². The highest BCUT2D eigenvalue weighted by Crippen LogP contribution is 2.25. The Balaban J connectivity index is 1.61. The zero-order valence-electron chi connectivity index (χ0n) is 19.8. The maximum absolute atomic E-state index is 13.4. The Morgan fingerprint density at radius 3 is 2.56 bits per heavy atom. The number of ether oxygens (including phenoxy) is 1. The number of carbonyl (C=O) groups excluding carboxylic acids is 2. The molecular formula is C25H32N6O3. The average Bonchev–Trinajstić information content (AvgIpc) is 3.38. The van der Waals surface area contributed by atoms with Crippen LogP contribution >= 0.6 is 0 Å². The van der Waals surface area contributed by atoms with Gasteiger partial charge in [0.25, 0.3) is 5.91 Å². The molecule has 0 radical (unpaired) electrons. The Kier molecular flexibility index (Phi) is 7.56. The van der Waals surface area contributed by atoms with Crippen molar-refractivity contribution in [2.45, 2.75) is 38.9 Å². The van der Waals surface area contributed by atoms with Crippen molar-refractivity contribution in [1.82, 2.24) is 25.7 Å². The third-order valence-corrected chi connectivity index (χ3v) is 6.32.